The number of aromatic nitrogens is 4. The van der Waals surface area contributed by atoms with Gasteiger partial charge in [-0.3, -0.25) is 4.79 Å². The van der Waals surface area contributed by atoms with Crippen molar-refractivity contribution in [3.63, 3.8) is 0 Å². The summed E-state index contributed by atoms with van der Waals surface area (Å²) in [6, 6.07) is 8.53. The van der Waals surface area contributed by atoms with E-state index in [1.807, 2.05) is 10.9 Å². The third-order valence-corrected chi connectivity index (χ3v) is 7.61. The number of hydrogen-bond donors (Lipinski definition) is 1. The van der Waals surface area contributed by atoms with Gasteiger partial charge >= 0.3 is 0 Å². The van der Waals surface area contributed by atoms with Gasteiger partial charge in [0, 0.05) is 24.2 Å². The van der Waals surface area contributed by atoms with Gasteiger partial charge in [0.1, 0.15) is 0 Å². The molecule has 2 fully saturated rings. The molecule has 3 heterocycles. The summed E-state index contributed by atoms with van der Waals surface area (Å²) in [6.45, 7) is 2.93. The van der Waals surface area contributed by atoms with Gasteiger partial charge in [0.15, 0.2) is 0 Å². The SMILES string of the molecule is CN1CCC(CNC(=O)c2cnn(-c3ncc4c(n3)-c3ccccc3CCC4)c2C2CC2)CC1. The second-order valence-electron chi connectivity index (χ2n) is 10.1. The number of carbonyl (C=O) groups is 1. The fraction of sp³-hybridized carbons (Fsp3) is 0.481. The van der Waals surface area contributed by atoms with Gasteiger partial charge in [0.05, 0.1) is 23.1 Å². The van der Waals surface area contributed by atoms with E-state index in [9.17, 15) is 4.79 Å². The highest BCUT2D eigenvalue weighted by Gasteiger charge is 2.34. The van der Waals surface area contributed by atoms with Crippen molar-refractivity contribution in [3.05, 3.63) is 59.0 Å². The number of aryl methyl sites for hydroxylation is 2. The highest BCUT2D eigenvalue weighted by molar-refractivity contribution is 5.95. The number of rotatable bonds is 5. The number of benzene rings is 1. The maximum atomic E-state index is 13.2. The Balaban J connectivity index is 1.29. The molecule has 6 rings (SSSR count). The molecule has 3 aromatic rings. The van der Waals surface area contributed by atoms with Gasteiger partial charge in [-0.1, -0.05) is 24.3 Å². The largest absolute Gasteiger partial charge is 0.352 e. The van der Waals surface area contributed by atoms with E-state index in [1.54, 1.807) is 6.20 Å². The first-order chi connectivity index (χ1) is 16.7. The zero-order valence-corrected chi connectivity index (χ0v) is 19.8. The summed E-state index contributed by atoms with van der Waals surface area (Å²) in [7, 11) is 2.16. The Morgan fingerprint density at radius 1 is 1.06 bits per heavy atom. The van der Waals surface area contributed by atoms with E-state index in [4.69, 9.17) is 9.97 Å². The molecule has 7 heteroatoms. The van der Waals surface area contributed by atoms with Crippen LogP contribution in [-0.4, -0.2) is 57.2 Å². The third kappa shape index (κ3) is 4.13. The van der Waals surface area contributed by atoms with E-state index in [0.717, 1.165) is 76.0 Å². The molecule has 1 amide bonds. The number of fused-ring (bicyclic) bond motifs is 3. The van der Waals surface area contributed by atoms with E-state index in [0.29, 0.717) is 23.3 Å². The first-order valence-electron chi connectivity index (χ1n) is 12.7. The summed E-state index contributed by atoms with van der Waals surface area (Å²) in [5.74, 6) is 1.44. The number of likely N-dealkylation sites (tertiary alicyclic amines) is 1. The van der Waals surface area contributed by atoms with Gasteiger partial charge in [-0.05, 0) is 82.1 Å². The molecule has 2 aliphatic carbocycles. The third-order valence-electron chi connectivity index (χ3n) is 7.61. The quantitative estimate of drug-likeness (QED) is 0.633. The Morgan fingerprint density at radius 2 is 1.85 bits per heavy atom. The predicted octanol–water partition coefficient (Wildman–Crippen LogP) is 3.77. The lowest BCUT2D eigenvalue weighted by molar-refractivity contribution is 0.0938. The zero-order chi connectivity index (χ0) is 23.1. The van der Waals surface area contributed by atoms with Crippen molar-refractivity contribution in [3.8, 4) is 17.2 Å². The first kappa shape index (κ1) is 21.5. The van der Waals surface area contributed by atoms with Crippen molar-refractivity contribution in [2.45, 2.75) is 50.9 Å². The Labute approximate surface area is 200 Å². The zero-order valence-electron chi connectivity index (χ0n) is 19.8. The van der Waals surface area contributed by atoms with Gasteiger partial charge in [-0.25, -0.2) is 14.6 Å². The van der Waals surface area contributed by atoms with Crippen LogP contribution in [0, 0.1) is 5.92 Å². The monoisotopic (exact) mass is 456 g/mol. The van der Waals surface area contributed by atoms with Crippen LogP contribution in [0.15, 0.2) is 36.7 Å². The van der Waals surface area contributed by atoms with Crippen LogP contribution in [0.4, 0.5) is 0 Å². The molecule has 0 bridgehead atoms. The Kier molecular flexibility index (Phi) is 5.65. The molecular formula is C27H32N6O. The molecule has 2 aromatic heterocycles. The van der Waals surface area contributed by atoms with Crippen LogP contribution < -0.4 is 5.32 Å². The minimum absolute atomic E-state index is 0.0211. The summed E-state index contributed by atoms with van der Waals surface area (Å²) in [6.07, 6.45) is 11.2. The van der Waals surface area contributed by atoms with E-state index >= 15 is 0 Å². The molecule has 1 aromatic carbocycles. The molecule has 7 nitrogen and oxygen atoms in total. The lowest BCUT2D eigenvalue weighted by Crippen LogP contribution is -2.37. The Morgan fingerprint density at radius 3 is 2.68 bits per heavy atom. The van der Waals surface area contributed by atoms with Crippen molar-refractivity contribution < 1.29 is 4.79 Å². The Hall–Kier alpha value is -3.06. The molecule has 176 valence electrons. The molecule has 34 heavy (non-hydrogen) atoms. The van der Waals surface area contributed by atoms with Crippen molar-refractivity contribution in [1.82, 2.24) is 30.0 Å². The number of carbonyl (C=O) groups excluding carboxylic acids is 1. The van der Waals surface area contributed by atoms with Gasteiger partial charge < -0.3 is 10.2 Å². The fourth-order valence-electron chi connectivity index (χ4n) is 5.39. The second-order valence-corrected chi connectivity index (χ2v) is 10.1. The molecule has 3 aliphatic rings. The topological polar surface area (TPSA) is 75.9 Å². The summed E-state index contributed by atoms with van der Waals surface area (Å²) in [5, 5.41) is 7.82. The molecular weight excluding hydrogens is 424 g/mol. The molecule has 1 saturated carbocycles. The maximum Gasteiger partial charge on any atom is 0.254 e. The smallest absolute Gasteiger partial charge is 0.254 e. The molecule has 0 spiro atoms. The van der Waals surface area contributed by atoms with E-state index in [2.05, 4.69) is 46.6 Å². The highest BCUT2D eigenvalue weighted by atomic mass is 16.1. The average Bonchev–Trinajstić information content (AvgIpc) is 3.64. The van der Waals surface area contributed by atoms with Gasteiger partial charge in [0.2, 0.25) is 0 Å². The second kappa shape index (κ2) is 8.95. The Bertz CT molecular complexity index is 1210. The van der Waals surface area contributed by atoms with Gasteiger partial charge in [-0.2, -0.15) is 5.10 Å². The molecule has 1 N–H and O–H groups in total. The van der Waals surface area contributed by atoms with Gasteiger partial charge in [-0.15, -0.1) is 0 Å². The summed E-state index contributed by atoms with van der Waals surface area (Å²) < 4.78 is 1.82. The van der Waals surface area contributed by atoms with E-state index < -0.39 is 0 Å². The molecule has 0 unspecified atom stereocenters. The number of amides is 1. The van der Waals surface area contributed by atoms with Crippen molar-refractivity contribution in [2.75, 3.05) is 26.7 Å². The number of hydrogen-bond acceptors (Lipinski definition) is 5. The predicted molar refractivity (Wildman–Crippen MR) is 131 cm³/mol. The van der Waals surface area contributed by atoms with Crippen molar-refractivity contribution >= 4 is 5.91 Å². The van der Waals surface area contributed by atoms with Crippen LogP contribution >= 0.6 is 0 Å². The number of piperidine rings is 1. The minimum Gasteiger partial charge on any atom is -0.352 e. The number of nitrogens with one attached hydrogen (secondary N) is 1. The summed E-state index contributed by atoms with van der Waals surface area (Å²) >= 11 is 0. The van der Waals surface area contributed by atoms with Crippen LogP contribution in [-0.2, 0) is 12.8 Å². The van der Waals surface area contributed by atoms with E-state index in [-0.39, 0.29) is 5.91 Å². The van der Waals surface area contributed by atoms with Gasteiger partial charge in [0.25, 0.3) is 11.9 Å². The lowest BCUT2D eigenvalue weighted by Gasteiger charge is -2.28. The average molecular weight is 457 g/mol. The van der Waals surface area contributed by atoms with Crippen molar-refractivity contribution in [2.24, 2.45) is 5.92 Å². The fourth-order valence-corrected chi connectivity index (χ4v) is 5.39. The molecule has 1 saturated heterocycles. The molecule has 1 aliphatic heterocycles. The van der Waals surface area contributed by atoms with E-state index in [1.165, 1.54) is 16.7 Å². The number of nitrogens with zero attached hydrogens (tertiary/aromatic N) is 5. The van der Waals surface area contributed by atoms with Crippen molar-refractivity contribution in [1.29, 1.82) is 0 Å². The minimum atomic E-state index is -0.0211. The van der Waals surface area contributed by atoms with Crippen LogP contribution in [0.3, 0.4) is 0 Å². The summed E-state index contributed by atoms with van der Waals surface area (Å²) in [5.41, 5.74) is 6.35. The maximum absolute atomic E-state index is 13.2. The molecule has 0 radical (unpaired) electrons. The lowest BCUT2D eigenvalue weighted by atomic mass is 9.97. The standard InChI is InChI=1S/C27H32N6O/c1-32-13-11-18(12-14-32)15-28-26(34)23-17-30-33(25(23)20-9-10-20)27-29-16-21-7-4-6-19-5-2-3-8-22(19)24(21)31-27/h2-3,5,8,16-18,20H,4,6-7,9-15H2,1H3,(H,28,34). The first-order valence-corrected chi connectivity index (χ1v) is 12.7. The highest BCUT2D eigenvalue weighted by Crippen LogP contribution is 2.42. The summed E-state index contributed by atoms with van der Waals surface area (Å²) in [4.78, 5) is 25.2. The van der Waals surface area contributed by atoms with Crippen LogP contribution in [0.1, 0.15) is 65.2 Å². The van der Waals surface area contributed by atoms with Crippen LogP contribution in [0.5, 0.6) is 0 Å². The van der Waals surface area contributed by atoms with Crippen LogP contribution in [0.25, 0.3) is 17.2 Å². The van der Waals surface area contributed by atoms with Crippen LogP contribution in [0.2, 0.25) is 0 Å². The normalized spacial score (nSPS) is 18.7. The molecule has 0 atom stereocenters.